The largest absolute Gasteiger partial charge is 0.469 e. The molecule has 3 heteroatoms. The van der Waals surface area contributed by atoms with Crippen LogP contribution >= 0.6 is 15.9 Å². The lowest BCUT2D eigenvalue weighted by Gasteiger charge is -2.44. The van der Waals surface area contributed by atoms with Crippen molar-refractivity contribution in [3.63, 3.8) is 0 Å². The van der Waals surface area contributed by atoms with Crippen LogP contribution in [0, 0.1) is 23.2 Å². The van der Waals surface area contributed by atoms with Crippen molar-refractivity contribution >= 4 is 21.9 Å². The fraction of sp³-hybridized carbons (Fsp3) is 0.824. The molecule has 0 N–H and O–H groups in total. The molecule has 0 aliphatic heterocycles. The molecule has 0 aromatic carbocycles. The Bertz CT molecular complexity index is 390. The Morgan fingerprint density at radius 2 is 2.30 bits per heavy atom. The van der Waals surface area contributed by atoms with Crippen molar-refractivity contribution in [1.29, 1.82) is 0 Å². The van der Waals surface area contributed by atoms with Crippen molar-refractivity contribution in [2.75, 3.05) is 7.11 Å². The van der Waals surface area contributed by atoms with Crippen LogP contribution in [0.15, 0.2) is 10.6 Å². The van der Waals surface area contributed by atoms with E-state index in [0.29, 0.717) is 17.8 Å². The van der Waals surface area contributed by atoms with Crippen molar-refractivity contribution in [2.45, 2.75) is 58.8 Å². The monoisotopic (exact) mass is 342 g/mol. The van der Waals surface area contributed by atoms with Crippen molar-refractivity contribution in [3.8, 4) is 0 Å². The lowest BCUT2D eigenvalue weighted by Crippen LogP contribution is -2.36. The lowest BCUT2D eigenvalue weighted by molar-refractivity contribution is -0.141. The minimum absolute atomic E-state index is 0.0683. The first-order chi connectivity index (χ1) is 9.52. The summed E-state index contributed by atoms with van der Waals surface area (Å²) in [5.74, 6) is 2.04. The van der Waals surface area contributed by atoms with Crippen LogP contribution in [-0.4, -0.2) is 13.1 Å². The van der Waals surface area contributed by atoms with Gasteiger partial charge in [-0.2, -0.15) is 0 Å². The maximum absolute atomic E-state index is 11.4. The van der Waals surface area contributed by atoms with E-state index in [1.54, 1.807) is 5.57 Å². The molecule has 1 unspecified atom stereocenters. The minimum atomic E-state index is -0.0683. The predicted molar refractivity (Wildman–Crippen MR) is 85.6 cm³/mol. The topological polar surface area (TPSA) is 26.3 Å². The molecule has 2 aliphatic rings. The minimum Gasteiger partial charge on any atom is -0.469 e. The van der Waals surface area contributed by atoms with Crippen LogP contribution < -0.4 is 0 Å². The van der Waals surface area contributed by atoms with Gasteiger partial charge in [-0.15, -0.1) is 0 Å². The quantitative estimate of drug-likeness (QED) is 0.666. The molecule has 20 heavy (non-hydrogen) atoms. The van der Waals surface area contributed by atoms with Crippen LogP contribution in [0.3, 0.4) is 0 Å². The van der Waals surface area contributed by atoms with Crippen molar-refractivity contribution < 1.29 is 9.53 Å². The average Bonchev–Trinajstić information content (AvgIpc) is 2.81. The molecule has 2 aliphatic carbocycles. The second-order valence-electron chi connectivity index (χ2n) is 6.87. The fourth-order valence-corrected chi connectivity index (χ4v) is 5.34. The predicted octanol–water partition coefficient (Wildman–Crippen LogP) is 5.07. The molecule has 0 spiro atoms. The van der Waals surface area contributed by atoms with E-state index in [1.165, 1.54) is 39.2 Å². The molecule has 0 aromatic heterocycles. The van der Waals surface area contributed by atoms with E-state index >= 15 is 0 Å². The summed E-state index contributed by atoms with van der Waals surface area (Å²) in [6, 6.07) is 0. The van der Waals surface area contributed by atoms with Gasteiger partial charge in [0.15, 0.2) is 0 Å². The first-order valence-electron chi connectivity index (χ1n) is 7.89. The summed E-state index contributed by atoms with van der Waals surface area (Å²) in [5, 5.41) is 0. The third-order valence-corrected chi connectivity index (χ3v) is 6.48. The van der Waals surface area contributed by atoms with E-state index in [0.717, 1.165) is 18.3 Å². The molecule has 0 saturated heterocycles. The van der Waals surface area contributed by atoms with Gasteiger partial charge in [-0.1, -0.05) is 35.4 Å². The van der Waals surface area contributed by atoms with Crippen LogP contribution in [0.4, 0.5) is 0 Å². The normalized spacial score (nSPS) is 36.7. The Hall–Kier alpha value is -0.310. The SMILES string of the molecule is COC(=O)CC[C@@H](C)[C@H]1CCC2/C(=C/Br)CCC[C@@]21C. The standard InChI is InChI=1S/C17H27BrO2/c1-12(6-9-16(19)20-3)14-7-8-15-13(11-18)5-4-10-17(14,15)2/h11-12,14-15H,4-10H2,1-3H3/b13-11+/t12-,14-,15?,17-/m1/s1. The van der Waals surface area contributed by atoms with E-state index < -0.39 is 0 Å². The number of hydrogen-bond donors (Lipinski definition) is 0. The van der Waals surface area contributed by atoms with E-state index in [1.807, 2.05) is 0 Å². The number of methoxy groups -OCH3 is 1. The van der Waals surface area contributed by atoms with Crippen LogP contribution in [-0.2, 0) is 9.53 Å². The number of esters is 1. The van der Waals surface area contributed by atoms with Gasteiger partial charge in [0.25, 0.3) is 0 Å². The Labute approximate surface area is 131 Å². The van der Waals surface area contributed by atoms with Crippen LogP contribution in [0.5, 0.6) is 0 Å². The third kappa shape index (κ3) is 2.98. The number of carbonyl (C=O) groups is 1. The molecular formula is C17H27BrO2. The Kier molecular flexibility index (Phi) is 5.33. The second kappa shape index (κ2) is 6.64. The summed E-state index contributed by atoms with van der Waals surface area (Å²) in [6.07, 6.45) is 8.08. The highest BCUT2D eigenvalue weighted by atomic mass is 79.9. The van der Waals surface area contributed by atoms with Gasteiger partial charge in [0.2, 0.25) is 0 Å². The van der Waals surface area contributed by atoms with Crippen molar-refractivity contribution in [3.05, 3.63) is 10.6 Å². The fourth-order valence-electron chi connectivity index (χ4n) is 4.79. The summed E-state index contributed by atoms with van der Waals surface area (Å²) in [7, 11) is 1.48. The maximum atomic E-state index is 11.4. The molecular weight excluding hydrogens is 316 g/mol. The second-order valence-corrected chi connectivity index (χ2v) is 7.33. The Morgan fingerprint density at radius 1 is 1.55 bits per heavy atom. The van der Waals surface area contributed by atoms with E-state index in [4.69, 9.17) is 4.74 Å². The highest BCUT2D eigenvalue weighted by Crippen LogP contribution is 2.59. The number of fused-ring (bicyclic) bond motifs is 1. The molecule has 0 radical (unpaired) electrons. The molecule has 2 saturated carbocycles. The smallest absolute Gasteiger partial charge is 0.305 e. The summed E-state index contributed by atoms with van der Waals surface area (Å²) < 4.78 is 4.78. The Morgan fingerprint density at radius 3 is 2.95 bits per heavy atom. The zero-order valence-corrected chi connectivity index (χ0v) is 14.5. The number of hydrogen-bond acceptors (Lipinski definition) is 2. The number of allylic oxidation sites excluding steroid dienone is 1. The summed E-state index contributed by atoms with van der Waals surface area (Å²) in [5.41, 5.74) is 2.05. The Balaban J connectivity index is 2.04. The highest BCUT2D eigenvalue weighted by Gasteiger charge is 2.50. The van der Waals surface area contributed by atoms with E-state index in [9.17, 15) is 4.79 Å². The molecule has 4 atom stereocenters. The van der Waals surface area contributed by atoms with Gasteiger partial charge < -0.3 is 4.74 Å². The van der Waals surface area contributed by atoms with Gasteiger partial charge >= 0.3 is 5.97 Å². The zero-order chi connectivity index (χ0) is 14.8. The van der Waals surface area contributed by atoms with E-state index in [2.05, 4.69) is 34.8 Å². The maximum Gasteiger partial charge on any atom is 0.305 e. The molecule has 2 fully saturated rings. The molecule has 0 aromatic rings. The van der Waals surface area contributed by atoms with Crippen molar-refractivity contribution in [2.24, 2.45) is 23.2 Å². The van der Waals surface area contributed by atoms with Crippen LogP contribution in [0.2, 0.25) is 0 Å². The highest BCUT2D eigenvalue weighted by molar-refractivity contribution is 9.11. The third-order valence-electron chi connectivity index (χ3n) is 5.90. The average molecular weight is 343 g/mol. The molecule has 0 bridgehead atoms. The van der Waals surface area contributed by atoms with Gasteiger partial charge in [-0.05, 0) is 66.7 Å². The first-order valence-corrected chi connectivity index (χ1v) is 8.80. The van der Waals surface area contributed by atoms with Gasteiger partial charge in [0.05, 0.1) is 7.11 Å². The van der Waals surface area contributed by atoms with Crippen molar-refractivity contribution in [1.82, 2.24) is 0 Å². The van der Waals surface area contributed by atoms with Crippen LogP contribution in [0.1, 0.15) is 58.8 Å². The van der Waals surface area contributed by atoms with E-state index in [-0.39, 0.29) is 5.97 Å². The first kappa shape index (κ1) is 16.1. The summed E-state index contributed by atoms with van der Waals surface area (Å²) >= 11 is 3.56. The molecule has 0 heterocycles. The summed E-state index contributed by atoms with van der Waals surface area (Å²) in [4.78, 5) is 13.5. The molecule has 2 rings (SSSR count). The van der Waals surface area contributed by atoms with Gasteiger partial charge in [-0.3, -0.25) is 4.79 Å². The lowest BCUT2D eigenvalue weighted by atomic mass is 9.61. The van der Waals surface area contributed by atoms with Gasteiger partial charge in [0.1, 0.15) is 0 Å². The van der Waals surface area contributed by atoms with Crippen LogP contribution in [0.25, 0.3) is 0 Å². The van der Waals surface area contributed by atoms with Gasteiger partial charge in [0, 0.05) is 6.42 Å². The molecule has 114 valence electrons. The molecule has 2 nitrogen and oxygen atoms in total. The number of rotatable bonds is 4. The van der Waals surface area contributed by atoms with Gasteiger partial charge in [-0.25, -0.2) is 0 Å². The number of halogens is 1. The zero-order valence-electron chi connectivity index (χ0n) is 13.0. The number of ether oxygens (including phenoxy) is 1. The molecule has 0 amide bonds. The summed E-state index contributed by atoms with van der Waals surface area (Å²) in [6.45, 7) is 4.81. The number of carbonyl (C=O) groups excluding carboxylic acids is 1.